The van der Waals surface area contributed by atoms with Crippen molar-refractivity contribution < 1.29 is 17.9 Å². The summed E-state index contributed by atoms with van der Waals surface area (Å²) in [4.78, 5) is 13.9. The van der Waals surface area contributed by atoms with Crippen LogP contribution in [-0.4, -0.2) is 73.3 Å². The number of hydrogen-bond donors (Lipinski definition) is 1. The van der Waals surface area contributed by atoms with Gasteiger partial charge in [-0.2, -0.15) is 0 Å². The van der Waals surface area contributed by atoms with Gasteiger partial charge in [0, 0.05) is 26.2 Å². The highest BCUT2D eigenvalue weighted by atomic mass is 32.2. The second kappa shape index (κ2) is 7.02. The Hall–Kier alpha value is -1.74. The zero-order valence-electron chi connectivity index (χ0n) is 13.6. The molecule has 1 aromatic heterocycles. The normalized spacial score (nSPS) is 25.5. The van der Waals surface area contributed by atoms with Crippen LogP contribution in [0.3, 0.4) is 0 Å². The van der Waals surface area contributed by atoms with Gasteiger partial charge in [0.2, 0.25) is 0 Å². The Balaban J connectivity index is 1.57. The Bertz CT molecular complexity index is 686. The van der Waals surface area contributed by atoms with Gasteiger partial charge in [-0.05, 0) is 31.4 Å². The molecule has 2 atom stereocenters. The quantitative estimate of drug-likeness (QED) is 0.813. The predicted octanol–water partition coefficient (Wildman–Crippen LogP) is 0.327. The van der Waals surface area contributed by atoms with Gasteiger partial charge in [-0.1, -0.05) is 0 Å². The molecule has 2 unspecified atom stereocenters. The molecular formula is C15H22N4O4S. The molecule has 3 heterocycles. The first-order valence-electron chi connectivity index (χ1n) is 8.11. The summed E-state index contributed by atoms with van der Waals surface area (Å²) in [5, 5.41) is 11.1. The van der Waals surface area contributed by atoms with Crippen LogP contribution in [-0.2, 0) is 14.6 Å². The van der Waals surface area contributed by atoms with Crippen molar-refractivity contribution in [2.45, 2.75) is 31.4 Å². The topological polar surface area (TPSA) is 101 Å². The lowest BCUT2D eigenvalue weighted by atomic mass is 10.2. The number of carbonyl (C=O) groups is 1. The van der Waals surface area contributed by atoms with E-state index in [9.17, 15) is 13.2 Å². The molecule has 1 amide bonds. The minimum Gasteiger partial charge on any atom is -0.376 e. The molecule has 1 aromatic rings. The average Bonchev–Trinajstić information content (AvgIpc) is 3.21. The molecule has 0 aliphatic carbocycles. The molecule has 2 saturated heterocycles. The number of ether oxygens (including phenoxy) is 1. The number of amides is 1. The zero-order chi connectivity index (χ0) is 17.2. The summed E-state index contributed by atoms with van der Waals surface area (Å²) >= 11 is 0. The number of sulfone groups is 1. The summed E-state index contributed by atoms with van der Waals surface area (Å²) < 4.78 is 28.6. The third kappa shape index (κ3) is 4.02. The van der Waals surface area contributed by atoms with Crippen LogP contribution in [0.15, 0.2) is 12.1 Å². The van der Waals surface area contributed by atoms with Gasteiger partial charge in [-0.15, -0.1) is 10.2 Å². The fraction of sp³-hybridized carbons (Fsp3) is 0.667. The molecule has 2 aliphatic heterocycles. The van der Waals surface area contributed by atoms with E-state index in [1.807, 2.05) is 0 Å². The fourth-order valence-electron chi connectivity index (χ4n) is 2.99. The molecule has 0 saturated carbocycles. The second-order valence-electron chi connectivity index (χ2n) is 6.29. The molecule has 2 aliphatic rings. The van der Waals surface area contributed by atoms with E-state index in [1.165, 1.54) is 4.90 Å². The summed E-state index contributed by atoms with van der Waals surface area (Å²) in [7, 11) is -1.42. The zero-order valence-corrected chi connectivity index (χ0v) is 14.5. The maximum absolute atomic E-state index is 12.4. The largest absolute Gasteiger partial charge is 0.376 e. The highest BCUT2D eigenvalue weighted by molar-refractivity contribution is 7.91. The van der Waals surface area contributed by atoms with Gasteiger partial charge in [-0.25, -0.2) is 8.42 Å². The summed E-state index contributed by atoms with van der Waals surface area (Å²) in [5.74, 6) is 0.431. The number of aromatic nitrogens is 2. The van der Waals surface area contributed by atoms with Crippen LogP contribution in [0.2, 0.25) is 0 Å². The van der Waals surface area contributed by atoms with Crippen molar-refractivity contribution >= 4 is 21.6 Å². The minimum absolute atomic E-state index is 0.0176. The molecule has 0 aromatic carbocycles. The predicted molar refractivity (Wildman–Crippen MR) is 88.6 cm³/mol. The van der Waals surface area contributed by atoms with Gasteiger partial charge in [0.1, 0.15) is 5.82 Å². The Morgan fingerprint density at radius 2 is 2.21 bits per heavy atom. The van der Waals surface area contributed by atoms with Crippen molar-refractivity contribution in [1.29, 1.82) is 0 Å². The number of carbonyl (C=O) groups excluding carboxylic acids is 1. The lowest BCUT2D eigenvalue weighted by Gasteiger charge is -2.22. The number of hydrogen-bond acceptors (Lipinski definition) is 7. The monoisotopic (exact) mass is 354 g/mol. The van der Waals surface area contributed by atoms with Crippen molar-refractivity contribution in [3.8, 4) is 0 Å². The number of nitrogens with one attached hydrogen (secondary N) is 1. The molecular weight excluding hydrogens is 332 g/mol. The molecule has 0 bridgehead atoms. The highest BCUT2D eigenvalue weighted by Crippen LogP contribution is 2.18. The van der Waals surface area contributed by atoms with Crippen molar-refractivity contribution in [2.24, 2.45) is 0 Å². The molecule has 0 radical (unpaired) electrons. The summed E-state index contributed by atoms with van der Waals surface area (Å²) in [6.07, 6.45) is 2.78. The van der Waals surface area contributed by atoms with E-state index in [4.69, 9.17) is 4.74 Å². The molecule has 132 valence electrons. The van der Waals surface area contributed by atoms with Crippen LogP contribution < -0.4 is 5.32 Å². The first-order valence-corrected chi connectivity index (χ1v) is 9.93. The Labute approximate surface area is 141 Å². The lowest BCUT2D eigenvalue weighted by Crippen LogP contribution is -2.38. The number of rotatable bonds is 5. The molecule has 9 heteroatoms. The standard InChI is InChI=1S/C15H22N4O4S/c1-19(11-6-8-24(21,22)10-11)15(20)13-4-5-14(18-17-13)16-9-12-3-2-7-23-12/h4-5,11-12H,2-3,6-10H2,1H3,(H,16,18). The molecule has 0 spiro atoms. The summed E-state index contributed by atoms with van der Waals surface area (Å²) in [6.45, 7) is 1.47. The number of anilines is 1. The lowest BCUT2D eigenvalue weighted by molar-refractivity contribution is 0.0740. The maximum Gasteiger partial charge on any atom is 0.274 e. The van der Waals surface area contributed by atoms with E-state index >= 15 is 0 Å². The van der Waals surface area contributed by atoms with Gasteiger partial charge in [0.15, 0.2) is 15.5 Å². The van der Waals surface area contributed by atoms with Gasteiger partial charge in [0.05, 0.1) is 17.6 Å². The second-order valence-corrected chi connectivity index (χ2v) is 8.52. The fourth-order valence-corrected chi connectivity index (χ4v) is 4.77. The SMILES string of the molecule is CN(C(=O)c1ccc(NCC2CCCO2)nn1)C1CCS(=O)(=O)C1. The van der Waals surface area contributed by atoms with E-state index in [-0.39, 0.29) is 35.3 Å². The van der Waals surface area contributed by atoms with Crippen molar-refractivity contribution in [1.82, 2.24) is 15.1 Å². The van der Waals surface area contributed by atoms with Crippen molar-refractivity contribution in [3.05, 3.63) is 17.8 Å². The maximum atomic E-state index is 12.4. The van der Waals surface area contributed by atoms with E-state index < -0.39 is 9.84 Å². The smallest absolute Gasteiger partial charge is 0.274 e. The van der Waals surface area contributed by atoms with Crippen LogP contribution in [0, 0.1) is 0 Å². The first kappa shape index (κ1) is 17.1. The van der Waals surface area contributed by atoms with Crippen LogP contribution >= 0.6 is 0 Å². The van der Waals surface area contributed by atoms with Gasteiger partial charge in [-0.3, -0.25) is 4.79 Å². The third-order valence-electron chi connectivity index (χ3n) is 4.49. The van der Waals surface area contributed by atoms with Crippen LogP contribution in [0.25, 0.3) is 0 Å². The van der Waals surface area contributed by atoms with E-state index in [0.717, 1.165) is 19.4 Å². The summed E-state index contributed by atoms with van der Waals surface area (Å²) in [5.41, 5.74) is 0.212. The van der Waals surface area contributed by atoms with E-state index in [2.05, 4.69) is 15.5 Å². The van der Waals surface area contributed by atoms with Crippen molar-refractivity contribution in [2.75, 3.05) is 37.0 Å². The summed E-state index contributed by atoms with van der Waals surface area (Å²) in [6, 6.07) is 3.02. The van der Waals surface area contributed by atoms with Crippen molar-refractivity contribution in [3.63, 3.8) is 0 Å². The average molecular weight is 354 g/mol. The van der Waals surface area contributed by atoms with E-state index in [0.29, 0.717) is 18.8 Å². The third-order valence-corrected chi connectivity index (χ3v) is 6.25. The highest BCUT2D eigenvalue weighted by Gasteiger charge is 2.33. The van der Waals surface area contributed by atoms with Gasteiger partial charge < -0.3 is 15.0 Å². The van der Waals surface area contributed by atoms with Gasteiger partial charge >= 0.3 is 0 Å². The van der Waals surface area contributed by atoms with E-state index in [1.54, 1.807) is 19.2 Å². The molecule has 2 fully saturated rings. The minimum atomic E-state index is -3.03. The molecule has 24 heavy (non-hydrogen) atoms. The Morgan fingerprint density at radius 3 is 2.79 bits per heavy atom. The molecule has 8 nitrogen and oxygen atoms in total. The van der Waals surface area contributed by atoms with Crippen LogP contribution in [0.1, 0.15) is 29.8 Å². The van der Waals surface area contributed by atoms with Crippen LogP contribution in [0.4, 0.5) is 5.82 Å². The van der Waals surface area contributed by atoms with Crippen LogP contribution in [0.5, 0.6) is 0 Å². The van der Waals surface area contributed by atoms with Gasteiger partial charge in [0.25, 0.3) is 5.91 Å². The molecule has 1 N–H and O–H groups in total. The number of nitrogens with zero attached hydrogens (tertiary/aromatic N) is 3. The first-order chi connectivity index (χ1) is 11.4. The Morgan fingerprint density at radius 1 is 1.38 bits per heavy atom. The molecule has 3 rings (SSSR count). The Kier molecular flexibility index (Phi) is 5.00.